The van der Waals surface area contributed by atoms with Crippen LogP contribution in [0.4, 0.5) is 5.82 Å². The van der Waals surface area contributed by atoms with E-state index in [0.29, 0.717) is 10.8 Å². The van der Waals surface area contributed by atoms with Crippen LogP contribution < -0.4 is 5.32 Å². The number of carbonyl (C=O) groups excluding carboxylic acids is 1. The van der Waals surface area contributed by atoms with Crippen molar-refractivity contribution in [1.82, 2.24) is 25.2 Å². The number of tetrazole rings is 1. The van der Waals surface area contributed by atoms with Gasteiger partial charge in [-0.1, -0.05) is 53.5 Å². The lowest BCUT2D eigenvalue weighted by Crippen LogP contribution is -2.21. The molecule has 23 heavy (non-hydrogen) atoms. The Morgan fingerprint density at radius 1 is 1.22 bits per heavy atom. The van der Waals surface area contributed by atoms with Gasteiger partial charge in [0, 0.05) is 11.8 Å². The Labute approximate surface area is 141 Å². The average molecular weight is 349 g/mol. The Morgan fingerprint density at radius 3 is 2.74 bits per heavy atom. The molecule has 9 heteroatoms. The minimum Gasteiger partial charge on any atom is -0.308 e. The largest absolute Gasteiger partial charge is 0.308 e. The summed E-state index contributed by atoms with van der Waals surface area (Å²) in [6.07, 6.45) is 1.39. The molecular weight excluding hydrogens is 339 g/mol. The summed E-state index contributed by atoms with van der Waals surface area (Å²) in [5, 5.41) is 15.1. The lowest BCUT2D eigenvalue weighted by Gasteiger charge is -2.05. The molecule has 0 spiro atoms. The maximum Gasteiger partial charge on any atom is 0.249 e. The number of nitrogens with one attached hydrogen (secondary N) is 1. The molecule has 1 aromatic carbocycles. The predicted octanol–water partition coefficient (Wildman–Crippen LogP) is 2.68. The number of rotatable bonds is 4. The van der Waals surface area contributed by atoms with Crippen molar-refractivity contribution < 1.29 is 4.79 Å². The number of nitrogens with zero attached hydrogens (tertiary/aromatic N) is 5. The summed E-state index contributed by atoms with van der Waals surface area (Å²) in [5.41, 5.74) is 0.821. The highest BCUT2D eigenvalue weighted by atomic mass is 35.5. The van der Waals surface area contributed by atoms with Crippen LogP contribution in [-0.2, 0) is 11.3 Å². The molecule has 0 saturated carbocycles. The van der Waals surface area contributed by atoms with Crippen LogP contribution in [-0.4, -0.2) is 31.1 Å². The van der Waals surface area contributed by atoms with Crippen LogP contribution in [0.2, 0.25) is 10.0 Å². The lowest BCUT2D eigenvalue weighted by molar-refractivity contribution is -0.117. The number of pyridine rings is 1. The topological polar surface area (TPSA) is 85.6 Å². The fraction of sp³-hybridized carbons (Fsp3) is 0.0714. The van der Waals surface area contributed by atoms with E-state index in [1.807, 2.05) is 30.3 Å². The summed E-state index contributed by atoms with van der Waals surface area (Å²) in [5.74, 6) is 0.296. The zero-order chi connectivity index (χ0) is 16.2. The minimum absolute atomic E-state index is 0.111. The third-order valence-electron chi connectivity index (χ3n) is 2.84. The van der Waals surface area contributed by atoms with Gasteiger partial charge < -0.3 is 5.32 Å². The highest BCUT2D eigenvalue weighted by molar-refractivity contribution is 6.36. The molecule has 1 N–H and O–H groups in total. The van der Waals surface area contributed by atoms with Gasteiger partial charge in [-0.3, -0.25) is 4.79 Å². The molecule has 7 nitrogen and oxygen atoms in total. The highest BCUT2D eigenvalue weighted by Crippen LogP contribution is 2.22. The van der Waals surface area contributed by atoms with E-state index in [1.165, 1.54) is 17.1 Å². The number of benzene rings is 1. The van der Waals surface area contributed by atoms with Crippen LogP contribution >= 0.6 is 23.2 Å². The molecule has 0 fully saturated rings. The van der Waals surface area contributed by atoms with E-state index in [-0.39, 0.29) is 23.3 Å². The Balaban J connectivity index is 1.68. The molecule has 1 amide bonds. The van der Waals surface area contributed by atoms with Crippen molar-refractivity contribution in [2.75, 3.05) is 5.32 Å². The van der Waals surface area contributed by atoms with E-state index in [4.69, 9.17) is 23.2 Å². The van der Waals surface area contributed by atoms with E-state index in [9.17, 15) is 4.79 Å². The zero-order valence-electron chi connectivity index (χ0n) is 11.6. The standard InChI is InChI=1S/C14H10Cl2N6O/c15-10-6-11(16)14(17-7-10)18-12(23)8-22-20-13(19-21-22)9-4-2-1-3-5-9/h1-7H,8H2,(H,17,18,23). The number of hydrogen-bond donors (Lipinski definition) is 1. The Morgan fingerprint density at radius 2 is 2.00 bits per heavy atom. The highest BCUT2D eigenvalue weighted by Gasteiger charge is 2.11. The molecule has 0 saturated heterocycles. The molecule has 0 aliphatic rings. The van der Waals surface area contributed by atoms with Gasteiger partial charge in [-0.15, -0.1) is 10.2 Å². The second-order valence-corrected chi connectivity index (χ2v) is 5.39. The lowest BCUT2D eigenvalue weighted by atomic mass is 10.2. The summed E-state index contributed by atoms with van der Waals surface area (Å²) in [4.78, 5) is 17.1. The molecule has 0 aliphatic heterocycles. The van der Waals surface area contributed by atoms with Crippen molar-refractivity contribution in [3.63, 3.8) is 0 Å². The molecule has 3 aromatic rings. The van der Waals surface area contributed by atoms with Crippen LogP contribution in [0.25, 0.3) is 11.4 Å². The Bertz CT molecular complexity index is 836. The first kappa shape index (κ1) is 15.4. The Hall–Kier alpha value is -2.51. The molecule has 0 radical (unpaired) electrons. The fourth-order valence-corrected chi connectivity index (χ4v) is 2.25. The van der Waals surface area contributed by atoms with E-state index >= 15 is 0 Å². The van der Waals surface area contributed by atoms with Gasteiger partial charge in [0.25, 0.3) is 0 Å². The maximum absolute atomic E-state index is 12.0. The van der Waals surface area contributed by atoms with E-state index in [1.54, 1.807) is 0 Å². The van der Waals surface area contributed by atoms with Gasteiger partial charge in [0.1, 0.15) is 6.54 Å². The van der Waals surface area contributed by atoms with Crippen LogP contribution in [0, 0.1) is 0 Å². The number of aromatic nitrogens is 5. The van der Waals surface area contributed by atoms with Crippen LogP contribution in [0.5, 0.6) is 0 Å². The molecule has 2 heterocycles. The van der Waals surface area contributed by atoms with Gasteiger partial charge in [-0.2, -0.15) is 4.80 Å². The van der Waals surface area contributed by atoms with E-state index in [2.05, 4.69) is 25.7 Å². The van der Waals surface area contributed by atoms with E-state index in [0.717, 1.165) is 5.56 Å². The van der Waals surface area contributed by atoms with Crippen LogP contribution in [0.15, 0.2) is 42.6 Å². The first-order valence-corrected chi connectivity index (χ1v) is 7.31. The minimum atomic E-state index is -0.376. The second kappa shape index (κ2) is 6.72. The quantitative estimate of drug-likeness (QED) is 0.783. The van der Waals surface area contributed by atoms with Crippen molar-refractivity contribution in [3.8, 4) is 11.4 Å². The Kier molecular flexibility index (Phi) is 4.50. The molecule has 3 rings (SSSR count). The fourth-order valence-electron chi connectivity index (χ4n) is 1.82. The van der Waals surface area contributed by atoms with Gasteiger partial charge in [-0.05, 0) is 11.3 Å². The smallest absolute Gasteiger partial charge is 0.249 e. The number of amides is 1. The van der Waals surface area contributed by atoms with Gasteiger partial charge in [0.2, 0.25) is 11.7 Å². The summed E-state index contributed by atoms with van der Waals surface area (Å²) in [6, 6.07) is 10.8. The number of anilines is 1. The number of hydrogen-bond acceptors (Lipinski definition) is 5. The van der Waals surface area contributed by atoms with Gasteiger partial charge in [-0.25, -0.2) is 4.98 Å². The second-order valence-electron chi connectivity index (χ2n) is 4.54. The van der Waals surface area contributed by atoms with E-state index < -0.39 is 0 Å². The summed E-state index contributed by atoms with van der Waals surface area (Å²) in [7, 11) is 0. The van der Waals surface area contributed by atoms with Crippen LogP contribution in [0.1, 0.15) is 0 Å². The first-order valence-electron chi connectivity index (χ1n) is 6.56. The predicted molar refractivity (Wildman–Crippen MR) is 86.1 cm³/mol. The van der Waals surface area contributed by atoms with Crippen molar-refractivity contribution in [3.05, 3.63) is 52.6 Å². The monoisotopic (exact) mass is 348 g/mol. The van der Waals surface area contributed by atoms with Crippen molar-refractivity contribution in [2.45, 2.75) is 6.54 Å². The third-order valence-corrected chi connectivity index (χ3v) is 3.33. The first-order chi connectivity index (χ1) is 11.1. The summed E-state index contributed by atoms with van der Waals surface area (Å²) in [6.45, 7) is -0.111. The molecule has 2 aromatic heterocycles. The SMILES string of the molecule is O=C(Cn1nnc(-c2ccccc2)n1)Nc1ncc(Cl)cc1Cl. The number of halogens is 2. The molecule has 0 unspecified atom stereocenters. The summed E-state index contributed by atoms with van der Waals surface area (Å²) >= 11 is 11.7. The molecule has 0 aliphatic carbocycles. The van der Waals surface area contributed by atoms with Crippen molar-refractivity contribution in [2.24, 2.45) is 0 Å². The van der Waals surface area contributed by atoms with Crippen LogP contribution in [0.3, 0.4) is 0 Å². The van der Waals surface area contributed by atoms with Crippen molar-refractivity contribution in [1.29, 1.82) is 0 Å². The maximum atomic E-state index is 12.0. The zero-order valence-corrected chi connectivity index (χ0v) is 13.2. The van der Waals surface area contributed by atoms with Gasteiger partial charge >= 0.3 is 0 Å². The molecule has 0 bridgehead atoms. The van der Waals surface area contributed by atoms with Gasteiger partial charge in [0.05, 0.1) is 10.0 Å². The van der Waals surface area contributed by atoms with Gasteiger partial charge in [0.15, 0.2) is 5.82 Å². The normalized spacial score (nSPS) is 10.5. The average Bonchev–Trinajstić information content (AvgIpc) is 2.99. The third kappa shape index (κ3) is 3.82. The summed E-state index contributed by atoms with van der Waals surface area (Å²) < 4.78 is 0. The molecular formula is C14H10Cl2N6O. The number of carbonyl (C=O) groups is 1. The molecule has 116 valence electrons. The van der Waals surface area contributed by atoms with Crippen molar-refractivity contribution >= 4 is 34.9 Å². The molecule has 0 atom stereocenters.